The van der Waals surface area contributed by atoms with Gasteiger partial charge in [0, 0.05) is 18.8 Å². The van der Waals surface area contributed by atoms with Gasteiger partial charge in [-0.2, -0.15) is 0 Å². The van der Waals surface area contributed by atoms with Crippen LogP contribution in [0.25, 0.3) is 0 Å². The molecule has 1 fully saturated rings. The van der Waals surface area contributed by atoms with Gasteiger partial charge in [-0.25, -0.2) is 0 Å². The third-order valence-corrected chi connectivity index (χ3v) is 3.44. The largest absolute Gasteiger partial charge is 0.481 e. The monoisotopic (exact) mass is 233 g/mol. The van der Waals surface area contributed by atoms with Crippen molar-refractivity contribution in [2.75, 3.05) is 18.0 Å². The molecule has 3 heteroatoms. The summed E-state index contributed by atoms with van der Waals surface area (Å²) >= 11 is 0. The lowest BCUT2D eigenvalue weighted by Crippen LogP contribution is -2.22. The van der Waals surface area contributed by atoms with Crippen molar-refractivity contribution in [1.29, 1.82) is 0 Å². The van der Waals surface area contributed by atoms with E-state index in [2.05, 4.69) is 43.0 Å². The van der Waals surface area contributed by atoms with Gasteiger partial charge in [-0.05, 0) is 30.0 Å². The van der Waals surface area contributed by atoms with Crippen LogP contribution in [0.15, 0.2) is 24.3 Å². The number of carboxylic acids is 1. The maximum absolute atomic E-state index is 10.9. The Balaban J connectivity index is 2.13. The molecular weight excluding hydrogens is 214 g/mol. The highest BCUT2D eigenvalue weighted by Crippen LogP contribution is 2.26. The fourth-order valence-electron chi connectivity index (χ4n) is 2.28. The van der Waals surface area contributed by atoms with Crippen LogP contribution in [-0.4, -0.2) is 24.2 Å². The fraction of sp³-hybridized carbons (Fsp3) is 0.500. The molecule has 17 heavy (non-hydrogen) atoms. The van der Waals surface area contributed by atoms with Crippen molar-refractivity contribution in [3.8, 4) is 0 Å². The zero-order valence-electron chi connectivity index (χ0n) is 10.4. The lowest BCUT2D eigenvalue weighted by atomic mass is 10.0. The molecule has 0 aliphatic carbocycles. The van der Waals surface area contributed by atoms with Crippen molar-refractivity contribution >= 4 is 11.7 Å². The molecule has 2 rings (SSSR count). The molecule has 1 unspecified atom stereocenters. The molecule has 92 valence electrons. The Kier molecular flexibility index (Phi) is 3.36. The highest BCUT2D eigenvalue weighted by molar-refractivity contribution is 5.72. The van der Waals surface area contributed by atoms with E-state index < -0.39 is 5.97 Å². The molecule has 0 amide bonds. The first kappa shape index (κ1) is 12.0. The van der Waals surface area contributed by atoms with Crippen LogP contribution in [0.1, 0.15) is 31.7 Å². The summed E-state index contributed by atoms with van der Waals surface area (Å²) in [4.78, 5) is 13.1. The number of hydrogen-bond donors (Lipinski definition) is 1. The molecule has 1 saturated heterocycles. The van der Waals surface area contributed by atoms with E-state index in [1.54, 1.807) is 0 Å². The molecule has 1 N–H and O–H groups in total. The summed E-state index contributed by atoms with van der Waals surface area (Å²) in [6.07, 6.45) is 0.751. The third kappa shape index (κ3) is 2.60. The first-order valence-electron chi connectivity index (χ1n) is 6.15. The second kappa shape index (κ2) is 4.78. The molecule has 1 aromatic rings. The van der Waals surface area contributed by atoms with E-state index in [1.807, 2.05) is 0 Å². The van der Waals surface area contributed by atoms with E-state index in [-0.39, 0.29) is 5.92 Å². The Morgan fingerprint density at radius 1 is 1.47 bits per heavy atom. The maximum Gasteiger partial charge on any atom is 0.308 e. The van der Waals surface area contributed by atoms with Gasteiger partial charge in [-0.15, -0.1) is 0 Å². The molecule has 1 atom stereocenters. The highest BCUT2D eigenvalue weighted by Gasteiger charge is 2.28. The molecule has 0 aromatic heterocycles. The van der Waals surface area contributed by atoms with Crippen LogP contribution in [0.3, 0.4) is 0 Å². The molecule has 0 radical (unpaired) electrons. The Morgan fingerprint density at radius 2 is 2.24 bits per heavy atom. The van der Waals surface area contributed by atoms with Crippen LogP contribution in [0, 0.1) is 5.92 Å². The molecule has 0 spiro atoms. The van der Waals surface area contributed by atoms with E-state index in [9.17, 15) is 4.79 Å². The van der Waals surface area contributed by atoms with Crippen LogP contribution >= 0.6 is 0 Å². The Hall–Kier alpha value is -1.51. The summed E-state index contributed by atoms with van der Waals surface area (Å²) in [5.74, 6) is -0.377. The summed E-state index contributed by atoms with van der Waals surface area (Å²) in [6.45, 7) is 5.82. The first-order chi connectivity index (χ1) is 8.08. The van der Waals surface area contributed by atoms with E-state index in [0.29, 0.717) is 12.5 Å². The van der Waals surface area contributed by atoms with Crippen LogP contribution in [0.5, 0.6) is 0 Å². The predicted octanol–water partition coefficient (Wildman–Crippen LogP) is 2.72. The van der Waals surface area contributed by atoms with Gasteiger partial charge in [0.05, 0.1) is 5.92 Å². The minimum absolute atomic E-state index is 0.210. The molecule has 0 bridgehead atoms. The molecule has 0 saturated carbocycles. The summed E-state index contributed by atoms with van der Waals surface area (Å²) in [5, 5.41) is 8.99. The van der Waals surface area contributed by atoms with Crippen LogP contribution in [-0.2, 0) is 4.79 Å². The summed E-state index contributed by atoms with van der Waals surface area (Å²) in [5.41, 5.74) is 2.46. The Bertz CT molecular complexity index is 414. The zero-order chi connectivity index (χ0) is 12.4. The van der Waals surface area contributed by atoms with E-state index in [4.69, 9.17) is 5.11 Å². The zero-order valence-corrected chi connectivity index (χ0v) is 10.4. The van der Waals surface area contributed by atoms with E-state index in [1.165, 1.54) is 5.56 Å². The van der Waals surface area contributed by atoms with Gasteiger partial charge in [0.25, 0.3) is 0 Å². The Labute approximate surface area is 102 Å². The minimum atomic E-state index is -0.674. The number of rotatable bonds is 3. The third-order valence-electron chi connectivity index (χ3n) is 3.44. The van der Waals surface area contributed by atoms with E-state index in [0.717, 1.165) is 18.7 Å². The first-order valence-corrected chi connectivity index (χ1v) is 6.15. The van der Waals surface area contributed by atoms with Crippen LogP contribution in [0.2, 0.25) is 0 Å². The van der Waals surface area contributed by atoms with Gasteiger partial charge in [-0.1, -0.05) is 26.0 Å². The van der Waals surface area contributed by atoms with Gasteiger partial charge in [-0.3, -0.25) is 4.79 Å². The summed E-state index contributed by atoms with van der Waals surface area (Å²) in [7, 11) is 0. The summed E-state index contributed by atoms with van der Waals surface area (Å²) < 4.78 is 0. The minimum Gasteiger partial charge on any atom is -0.481 e. The van der Waals surface area contributed by atoms with Crippen molar-refractivity contribution in [3.63, 3.8) is 0 Å². The number of benzene rings is 1. The topological polar surface area (TPSA) is 40.5 Å². The molecular formula is C14H19NO2. The van der Waals surface area contributed by atoms with Crippen LogP contribution in [0.4, 0.5) is 5.69 Å². The number of carboxylic acid groups (broad SMARTS) is 1. The van der Waals surface area contributed by atoms with Gasteiger partial charge < -0.3 is 10.0 Å². The second-order valence-corrected chi connectivity index (χ2v) is 5.02. The van der Waals surface area contributed by atoms with Crippen molar-refractivity contribution in [2.24, 2.45) is 5.92 Å². The number of carbonyl (C=O) groups is 1. The fourth-order valence-corrected chi connectivity index (χ4v) is 2.28. The van der Waals surface area contributed by atoms with Gasteiger partial charge in [0.15, 0.2) is 0 Å². The predicted molar refractivity (Wildman–Crippen MR) is 68.5 cm³/mol. The number of nitrogens with zero attached hydrogens (tertiary/aromatic N) is 1. The van der Waals surface area contributed by atoms with Crippen molar-refractivity contribution < 1.29 is 9.90 Å². The van der Waals surface area contributed by atoms with Crippen molar-refractivity contribution in [3.05, 3.63) is 29.8 Å². The SMILES string of the molecule is CC(C)c1cccc(N2CCC(C(=O)O)C2)c1. The average Bonchev–Trinajstić information content (AvgIpc) is 2.78. The average molecular weight is 233 g/mol. The molecule has 1 heterocycles. The smallest absolute Gasteiger partial charge is 0.308 e. The molecule has 1 aliphatic heterocycles. The summed E-state index contributed by atoms with van der Waals surface area (Å²) in [6, 6.07) is 8.42. The Morgan fingerprint density at radius 3 is 2.82 bits per heavy atom. The van der Waals surface area contributed by atoms with E-state index >= 15 is 0 Å². The standard InChI is InChI=1S/C14H19NO2/c1-10(2)11-4-3-5-13(8-11)15-7-6-12(9-15)14(16)17/h3-5,8,10,12H,6-7,9H2,1-2H3,(H,16,17). The second-order valence-electron chi connectivity index (χ2n) is 5.02. The van der Waals surface area contributed by atoms with Crippen molar-refractivity contribution in [2.45, 2.75) is 26.2 Å². The normalized spacial score (nSPS) is 19.9. The quantitative estimate of drug-likeness (QED) is 0.872. The van der Waals surface area contributed by atoms with Gasteiger partial charge in [0.2, 0.25) is 0 Å². The molecule has 1 aromatic carbocycles. The van der Waals surface area contributed by atoms with Gasteiger partial charge >= 0.3 is 5.97 Å². The number of aliphatic carboxylic acids is 1. The van der Waals surface area contributed by atoms with Crippen LogP contribution < -0.4 is 4.90 Å². The van der Waals surface area contributed by atoms with Crippen molar-refractivity contribution in [1.82, 2.24) is 0 Å². The molecule has 3 nitrogen and oxygen atoms in total. The lowest BCUT2D eigenvalue weighted by molar-refractivity contribution is -0.140. The number of anilines is 1. The van der Waals surface area contributed by atoms with Gasteiger partial charge in [0.1, 0.15) is 0 Å². The number of hydrogen-bond acceptors (Lipinski definition) is 2. The maximum atomic E-state index is 10.9. The lowest BCUT2D eigenvalue weighted by Gasteiger charge is -2.19. The highest BCUT2D eigenvalue weighted by atomic mass is 16.4. The molecule has 1 aliphatic rings.